The predicted molar refractivity (Wildman–Crippen MR) is 61.3 cm³/mol. The molecule has 0 radical (unpaired) electrons. The number of carboxylic acids is 1. The number of hydrogen-bond acceptors (Lipinski definition) is 4. The summed E-state index contributed by atoms with van der Waals surface area (Å²) in [6.07, 6.45) is -0.732. The van der Waals surface area contributed by atoms with Crippen molar-refractivity contribution in [1.82, 2.24) is 4.90 Å². The summed E-state index contributed by atoms with van der Waals surface area (Å²) < 4.78 is 0. The maximum Gasteiger partial charge on any atom is 0.331 e. The molecule has 100 valence electrons. The molecule has 0 aromatic heterocycles. The van der Waals surface area contributed by atoms with Gasteiger partial charge < -0.3 is 20.8 Å². The van der Waals surface area contributed by atoms with Gasteiger partial charge in [-0.05, 0) is 13.8 Å². The first-order valence-electron chi connectivity index (χ1n) is 5.44. The van der Waals surface area contributed by atoms with Crippen LogP contribution in [0.3, 0.4) is 0 Å². The molecule has 1 saturated heterocycles. The molecular formula is C11H16N2O5. The minimum Gasteiger partial charge on any atom is -0.478 e. The van der Waals surface area contributed by atoms with Gasteiger partial charge in [0.1, 0.15) is 6.04 Å². The molecule has 1 aliphatic rings. The van der Waals surface area contributed by atoms with Crippen LogP contribution in [0.1, 0.15) is 20.3 Å². The van der Waals surface area contributed by atoms with Crippen LogP contribution in [0.4, 0.5) is 0 Å². The topological polar surface area (TPSA) is 121 Å². The standard InChI is InChI=1S/C11H16N2O5/c1-5(6(2)11(17)18)10(16)13-4-7(14)3-8(13)9(12)15/h7-8,14H,3-4H2,1-2H3,(H2,12,15)(H,17,18). The van der Waals surface area contributed by atoms with Crippen molar-refractivity contribution >= 4 is 17.8 Å². The predicted octanol–water partition coefficient (Wildman–Crippen LogP) is -1.15. The Morgan fingerprint density at radius 1 is 1.22 bits per heavy atom. The van der Waals surface area contributed by atoms with Crippen molar-refractivity contribution in [2.24, 2.45) is 5.73 Å². The Bertz CT molecular complexity index is 429. The Morgan fingerprint density at radius 2 is 1.78 bits per heavy atom. The van der Waals surface area contributed by atoms with E-state index < -0.39 is 29.9 Å². The maximum atomic E-state index is 12.0. The van der Waals surface area contributed by atoms with E-state index in [1.54, 1.807) is 0 Å². The van der Waals surface area contributed by atoms with E-state index in [1.807, 2.05) is 0 Å². The molecule has 0 aromatic rings. The first kappa shape index (κ1) is 14.2. The van der Waals surface area contributed by atoms with E-state index in [2.05, 4.69) is 0 Å². The minimum atomic E-state index is -1.20. The number of carboxylic acid groups (broad SMARTS) is 1. The van der Waals surface area contributed by atoms with Crippen LogP contribution in [0.25, 0.3) is 0 Å². The second-order valence-electron chi connectivity index (χ2n) is 4.32. The highest BCUT2D eigenvalue weighted by Gasteiger charge is 2.38. The summed E-state index contributed by atoms with van der Waals surface area (Å²) in [6, 6.07) is -0.885. The molecule has 0 spiro atoms. The van der Waals surface area contributed by atoms with Gasteiger partial charge >= 0.3 is 5.97 Å². The molecule has 2 atom stereocenters. The fourth-order valence-electron chi connectivity index (χ4n) is 1.84. The number of aliphatic hydroxyl groups is 1. The van der Waals surface area contributed by atoms with Crippen LogP contribution in [0, 0.1) is 0 Å². The van der Waals surface area contributed by atoms with Crippen LogP contribution in [-0.2, 0) is 14.4 Å². The molecular weight excluding hydrogens is 240 g/mol. The molecule has 7 nitrogen and oxygen atoms in total. The molecule has 1 rings (SSSR count). The van der Waals surface area contributed by atoms with E-state index in [0.29, 0.717) is 0 Å². The lowest BCUT2D eigenvalue weighted by Crippen LogP contribution is -2.44. The zero-order valence-electron chi connectivity index (χ0n) is 10.2. The number of nitrogens with two attached hydrogens (primary N) is 1. The van der Waals surface area contributed by atoms with E-state index in [0.717, 1.165) is 4.90 Å². The van der Waals surface area contributed by atoms with Gasteiger partial charge in [-0.15, -0.1) is 0 Å². The number of hydrogen-bond donors (Lipinski definition) is 3. The smallest absolute Gasteiger partial charge is 0.331 e. The number of aliphatic hydroxyl groups excluding tert-OH is 1. The third-order valence-electron chi connectivity index (χ3n) is 3.07. The number of nitrogens with zero attached hydrogens (tertiary/aromatic N) is 1. The number of β-amino-alcohol motifs (C(OH)–C–C–N with tert-alkyl or cyclic N) is 1. The summed E-state index contributed by atoms with van der Waals surface area (Å²) in [7, 11) is 0. The molecule has 7 heteroatoms. The summed E-state index contributed by atoms with van der Waals surface area (Å²) in [5, 5.41) is 18.3. The van der Waals surface area contributed by atoms with E-state index in [-0.39, 0.29) is 24.1 Å². The number of aliphatic carboxylic acids is 1. The molecule has 0 aliphatic carbocycles. The number of rotatable bonds is 3. The Balaban J connectivity index is 3.00. The van der Waals surface area contributed by atoms with Crippen LogP contribution >= 0.6 is 0 Å². The highest BCUT2D eigenvalue weighted by molar-refractivity contribution is 6.03. The molecule has 1 heterocycles. The SMILES string of the molecule is CC(C(=O)O)=C(C)C(=O)N1CC(O)CC1C(N)=O. The normalized spacial score (nSPS) is 24.7. The Morgan fingerprint density at radius 3 is 2.22 bits per heavy atom. The highest BCUT2D eigenvalue weighted by Crippen LogP contribution is 2.21. The molecule has 0 aromatic carbocycles. The largest absolute Gasteiger partial charge is 0.478 e. The third kappa shape index (κ3) is 2.67. The van der Waals surface area contributed by atoms with Gasteiger partial charge in [0.25, 0.3) is 5.91 Å². The van der Waals surface area contributed by atoms with E-state index in [9.17, 15) is 19.5 Å². The van der Waals surface area contributed by atoms with Crippen molar-refractivity contribution in [3.8, 4) is 0 Å². The molecule has 2 amide bonds. The van der Waals surface area contributed by atoms with Crippen LogP contribution in [0.2, 0.25) is 0 Å². The number of likely N-dealkylation sites (tertiary alicyclic amines) is 1. The van der Waals surface area contributed by atoms with Gasteiger partial charge in [0.05, 0.1) is 6.10 Å². The van der Waals surface area contributed by atoms with Crippen molar-refractivity contribution in [3.63, 3.8) is 0 Å². The third-order valence-corrected chi connectivity index (χ3v) is 3.07. The van der Waals surface area contributed by atoms with E-state index in [4.69, 9.17) is 10.8 Å². The number of carbonyl (C=O) groups excluding carboxylic acids is 2. The van der Waals surface area contributed by atoms with Crippen LogP contribution in [-0.4, -0.2) is 51.6 Å². The van der Waals surface area contributed by atoms with Gasteiger partial charge in [-0.2, -0.15) is 0 Å². The number of primary amides is 1. The number of carbonyl (C=O) groups is 3. The van der Waals surface area contributed by atoms with Gasteiger partial charge in [0.2, 0.25) is 5.91 Å². The van der Waals surface area contributed by atoms with Crippen molar-refractivity contribution in [1.29, 1.82) is 0 Å². The molecule has 0 saturated carbocycles. The minimum absolute atomic E-state index is 0.0172. The first-order valence-corrected chi connectivity index (χ1v) is 5.44. The van der Waals surface area contributed by atoms with Crippen molar-refractivity contribution in [3.05, 3.63) is 11.1 Å². The lowest BCUT2D eigenvalue weighted by atomic mass is 10.1. The lowest BCUT2D eigenvalue weighted by Gasteiger charge is -2.22. The van der Waals surface area contributed by atoms with E-state index in [1.165, 1.54) is 13.8 Å². The quantitative estimate of drug-likeness (QED) is 0.551. The second-order valence-corrected chi connectivity index (χ2v) is 4.32. The zero-order chi connectivity index (χ0) is 14.0. The summed E-state index contributed by atoms with van der Waals surface area (Å²) in [6.45, 7) is 2.66. The van der Waals surface area contributed by atoms with Crippen LogP contribution < -0.4 is 5.73 Å². The van der Waals surface area contributed by atoms with Crippen molar-refractivity contribution < 1.29 is 24.6 Å². The fraction of sp³-hybridized carbons (Fsp3) is 0.545. The average molecular weight is 256 g/mol. The van der Waals surface area contributed by atoms with E-state index >= 15 is 0 Å². The summed E-state index contributed by atoms with van der Waals surface area (Å²) in [4.78, 5) is 35.1. The van der Waals surface area contributed by atoms with Gasteiger partial charge in [0.15, 0.2) is 0 Å². The lowest BCUT2D eigenvalue weighted by molar-refractivity contribution is -0.135. The molecule has 1 aliphatic heterocycles. The van der Waals surface area contributed by atoms with Crippen LogP contribution in [0.5, 0.6) is 0 Å². The van der Waals surface area contributed by atoms with Gasteiger partial charge in [-0.25, -0.2) is 4.79 Å². The fourth-order valence-corrected chi connectivity index (χ4v) is 1.84. The first-order chi connectivity index (χ1) is 8.25. The number of amides is 2. The molecule has 2 unspecified atom stereocenters. The van der Waals surface area contributed by atoms with Gasteiger partial charge in [-0.1, -0.05) is 0 Å². The summed E-state index contributed by atoms with van der Waals surface area (Å²) in [5.41, 5.74) is 5.09. The van der Waals surface area contributed by atoms with Gasteiger partial charge in [0, 0.05) is 24.1 Å². The van der Waals surface area contributed by atoms with Crippen molar-refractivity contribution in [2.75, 3.05) is 6.54 Å². The van der Waals surface area contributed by atoms with Crippen molar-refractivity contribution in [2.45, 2.75) is 32.4 Å². The summed E-state index contributed by atoms with van der Waals surface area (Å²) >= 11 is 0. The highest BCUT2D eigenvalue weighted by atomic mass is 16.4. The van der Waals surface area contributed by atoms with Crippen LogP contribution in [0.15, 0.2) is 11.1 Å². The maximum absolute atomic E-state index is 12.0. The Kier molecular flexibility index (Phi) is 4.07. The zero-order valence-corrected chi connectivity index (χ0v) is 10.2. The van der Waals surface area contributed by atoms with Gasteiger partial charge in [-0.3, -0.25) is 9.59 Å². The molecule has 0 bridgehead atoms. The monoisotopic (exact) mass is 256 g/mol. The summed E-state index contributed by atoms with van der Waals surface area (Å²) in [5.74, 6) is -2.49. The average Bonchev–Trinajstić information content (AvgIpc) is 2.68. The molecule has 18 heavy (non-hydrogen) atoms. The second kappa shape index (κ2) is 5.18. The Hall–Kier alpha value is -1.89. The Labute approximate surface area is 104 Å². The molecule has 4 N–H and O–H groups in total. The molecule has 1 fully saturated rings.